The predicted molar refractivity (Wildman–Crippen MR) is 56.5 cm³/mol. The van der Waals surface area contributed by atoms with Gasteiger partial charge in [-0.2, -0.15) is 5.10 Å². The molecular weight excluding hydrogens is 196 g/mol. The molecule has 0 saturated heterocycles. The fourth-order valence-electron chi connectivity index (χ4n) is 0.886. The van der Waals surface area contributed by atoms with E-state index >= 15 is 0 Å². The molecule has 15 heavy (non-hydrogen) atoms. The highest BCUT2D eigenvalue weighted by atomic mass is 16.5. The standard InChI is InChI=1S/C8H12N2O3.C2H6/c1-3-13-8(11)7-4-9-10(5-7)6-12-2;1-2/h4-5H,3,6H2,1-2H3;1-2H3. The first-order chi connectivity index (χ1) is 7.27. The van der Waals surface area contributed by atoms with Crippen LogP contribution in [0.5, 0.6) is 0 Å². The summed E-state index contributed by atoms with van der Waals surface area (Å²) in [5.41, 5.74) is 0.443. The van der Waals surface area contributed by atoms with E-state index in [1.807, 2.05) is 13.8 Å². The van der Waals surface area contributed by atoms with E-state index in [2.05, 4.69) is 5.10 Å². The van der Waals surface area contributed by atoms with Crippen molar-refractivity contribution in [3.05, 3.63) is 18.0 Å². The summed E-state index contributed by atoms with van der Waals surface area (Å²) in [7, 11) is 1.56. The number of rotatable bonds is 4. The molecule has 86 valence electrons. The molecule has 1 rings (SSSR count). The predicted octanol–water partition coefficient (Wildman–Crippen LogP) is 1.69. The smallest absolute Gasteiger partial charge is 0.341 e. The Labute approximate surface area is 90.0 Å². The van der Waals surface area contributed by atoms with E-state index in [-0.39, 0.29) is 5.97 Å². The summed E-state index contributed by atoms with van der Waals surface area (Å²) in [6, 6.07) is 0. The molecule has 5 nitrogen and oxygen atoms in total. The molecule has 1 aromatic heterocycles. The number of ether oxygens (including phenoxy) is 2. The molecule has 0 unspecified atom stereocenters. The Morgan fingerprint density at radius 2 is 2.20 bits per heavy atom. The minimum Gasteiger partial charge on any atom is -0.462 e. The van der Waals surface area contributed by atoms with Gasteiger partial charge in [-0.3, -0.25) is 0 Å². The van der Waals surface area contributed by atoms with E-state index in [0.717, 1.165) is 0 Å². The fourth-order valence-corrected chi connectivity index (χ4v) is 0.886. The molecule has 1 aromatic rings. The molecule has 0 saturated carbocycles. The van der Waals surface area contributed by atoms with Crippen LogP contribution in [0.4, 0.5) is 0 Å². The third-order valence-electron chi connectivity index (χ3n) is 1.41. The molecule has 5 heteroatoms. The molecule has 0 bridgehead atoms. The van der Waals surface area contributed by atoms with Crippen LogP contribution in [0.1, 0.15) is 31.1 Å². The molecule has 0 spiro atoms. The molecule has 0 aromatic carbocycles. The minimum absolute atomic E-state index is 0.333. The van der Waals surface area contributed by atoms with Gasteiger partial charge >= 0.3 is 5.97 Å². The van der Waals surface area contributed by atoms with Crippen LogP contribution in [0.15, 0.2) is 12.4 Å². The van der Waals surface area contributed by atoms with Crippen molar-refractivity contribution in [1.29, 1.82) is 0 Å². The zero-order chi connectivity index (χ0) is 11.7. The summed E-state index contributed by atoms with van der Waals surface area (Å²) in [6.45, 7) is 6.46. The maximum Gasteiger partial charge on any atom is 0.341 e. The van der Waals surface area contributed by atoms with Gasteiger partial charge in [0.1, 0.15) is 6.73 Å². The third-order valence-corrected chi connectivity index (χ3v) is 1.41. The quantitative estimate of drug-likeness (QED) is 0.716. The monoisotopic (exact) mass is 214 g/mol. The molecule has 0 aliphatic rings. The number of aromatic nitrogens is 2. The Bertz CT molecular complexity index is 284. The molecule has 0 N–H and O–H groups in total. The normalized spacial score (nSPS) is 9.07. The Morgan fingerprint density at radius 1 is 1.53 bits per heavy atom. The lowest BCUT2D eigenvalue weighted by molar-refractivity contribution is 0.0525. The average molecular weight is 214 g/mol. The van der Waals surface area contributed by atoms with Gasteiger partial charge in [-0.15, -0.1) is 0 Å². The highest BCUT2D eigenvalue weighted by Crippen LogP contribution is 2.00. The Morgan fingerprint density at radius 3 is 2.73 bits per heavy atom. The Hall–Kier alpha value is -1.36. The number of methoxy groups -OCH3 is 1. The maximum atomic E-state index is 11.1. The summed E-state index contributed by atoms with van der Waals surface area (Å²) < 4.78 is 11.1. The van der Waals surface area contributed by atoms with Gasteiger partial charge in [0, 0.05) is 13.3 Å². The molecule has 0 amide bonds. The number of nitrogens with zero attached hydrogens (tertiary/aromatic N) is 2. The van der Waals surface area contributed by atoms with Crippen molar-refractivity contribution in [3.8, 4) is 0 Å². The minimum atomic E-state index is -0.357. The largest absolute Gasteiger partial charge is 0.462 e. The first-order valence-corrected chi connectivity index (χ1v) is 4.96. The second-order valence-electron chi connectivity index (χ2n) is 2.41. The van der Waals surface area contributed by atoms with Gasteiger partial charge < -0.3 is 9.47 Å². The second kappa shape index (κ2) is 7.99. The van der Waals surface area contributed by atoms with Crippen molar-refractivity contribution >= 4 is 5.97 Å². The number of carbonyl (C=O) groups is 1. The van der Waals surface area contributed by atoms with Gasteiger partial charge in [0.25, 0.3) is 0 Å². The zero-order valence-corrected chi connectivity index (χ0v) is 9.69. The number of hydrogen-bond acceptors (Lipinski definition) is 4. The second-order valence-corrected chi connectivity index (χ2v) is 2.41. The van der Waals surface area contributed by atoms with Crippen LogP contribution in [-0.4, -0.2) is 29.5 Å². The van der Waals surface area contributed by atoms with Crippen molar-refractivity contribution in [3.63, 3.8) is 0 Å². The highest BCUT2D eigenvalue weighted by molar-refractivity contribution is 5.88. The zero-order valence-electron chi connectivity index (χ0n) is 9.69. The van der Waals surface area contributed by atoms with Crippen molar-refractivity contribution in [2.45, 2.75) is 27.5 Å². The first kappa shape index (κ1) is 13.6. The van der Waals surface area contributed by atoms with E-state index in [9.17, 15) is 4.79 Å². The lowest BCUT2D eigenvalue weighted by Crippen LogP contribution is -2.03. The van der Waals surface area contributed by atoms with Gasteiger partial charge in [-0.05, 0) is 6.92 Å². The lowest BCUT2D eigenvalue weighted by atomic mass is 10.4. The van der Waals surface area contributed by atoms with Crippen molar-refractivity contribution in [1.82, 2.24) is 9.78 Å². The van der Waals surface area contributed by atoms with Crippen LogP contribution in [0.3, 0.4) is 0 Å². The summed E-state index contributed by atoms with van der Waals surface area (Å²) in [6.07, 6.45) is 3.04. The van der Waals surface area contributed by atoms with Gasteiger partial charge in [0.05, 0.1) is 18.4 Å². The van der Waals surface area contributed by atoms with Crippen LogP contribution in [-0.2, 0) is 16.2 Å². The third kappa shape index (κ3) is 4.60. The van der Waals surface area contributed by atoms with E-state index in [1.165, 1.54) is 10.9 Å². The van der Waals surface area contributed by atoms with E-state index in [1.54, 1.807) is 20.2 Å². The highest BCUT2D eigenvalue weighted by Gasteiger charge is 2.08. The van der Waals surface area contributed by atoms with Crippen molar-refractivity contribution in [2.24, 2.45) is 0 Å². The van der Waals surface area contributed by atoms with Gasteiger partial charge in [0.15, 0.2) is 0 Å². The molecule has 0 atom stereocenters. The van der Waals surface area contributed by atoms with E-state index < -0.39 is 0 Å². The van der Waals surface area contributed by atoms with Gasteiger partial charge in [-0.25, -0.2) is 9.48 Å². The first-order valence-electron chi connectivity index (χ1n) is 4.96. The van der Waals surface area contributed by atoms with Crippen LogP contribution in [0.2, 0.25) is 0 Å². The van der Waals surface area contributed by atoms with Crippen LogP contribution < -0.4 is 0 Å². The van der Waals surface area contributed by atoms with Crippen LogP contribution in [0.25, 0.3) is 0 Å². The van der Waals surface area contributed by atoms with Crippen molar-refractivity contribution < 1.29 is 14.3 Å². The van der Waals surface area contributed by atoms with E-state index in [0.29, 0.717) is 18.9 Å². The number of carbonyl (C=O) groups excluding carboxylic acids is 1. The van der Waals surface area contributed by atoms with E-state index in [4.69, 9.17) is 9.47 Å². The van der Waals surface area contributed by atoms with Gasteiger partial charge in [0.2, 0.25) is 0 Å². The summed E-state index contributed by atoms with van der Waals surface area (Å²) in [4.78, 5) is 11.1. The number of hydrogen-bond donors (Lipinski definition) is 0. The molecule has 0 aliphatic carbocycles. The maximum absolute atomic E-state index is 11.1. The van der Waals surface area contributed by atoms with Crippen LogP contribution in [0, 0.1) is 0 Å². The topological polar surface area (TPSA) is 53.3 Å². The summed E-state index contributed by atoms with van der Waals surface area (Å²) in [5.74, 6) is -0.357. The van der Waals surface area contributed by atoms with Gasteiger partial charge in [-0.1, -0.05) is 13.8 Å². The Kier molecular flexibility index (Phi) is 7.27. The lowest BCUT2D eigenvalue weighted by Gasteiger charge is -1.97. The summed E-state index contributed by atoms with van der Waals surface area (Å²) >= 11 is 0. The Balaban J connectivity index is 0.000000921. The molecule has 0 aliphatic heterocycles. The fraction of sp³-hybridized carbons (Fsp3) is 0.600. The summed E-state index contributed by atoms with van der Waals surface area (Å²) in [5, 5.41) is 3.90. The number of esters is 1. The average Bonchev–Trinajstić information content (AvgIpc) is 2.70. The van der Waals surface area contributed by atoms with Crippen LogP contribution >= 0.6 is 0 Å². The SMILES string of the molecule is CC.CCOC(=O)c1cnn(COC)c1. The molecule has 1 heterocycles. The molecule has 0 radical (unpaired) electrons. The molecule has 0 fully saturated rings. The molecular formula is C10H18N2O3. The van der Waals surface area contributed by atoms with Crippen molar-refractivity contribution in [2.75, 3.05) is 13.7 Å².